The van der Waals surface area contributed by atoms with Crippen LogP contribution in [-0.4, -0.2) is 13.0 Å². The molecule has 0 saturated heterocycles. The molecule has 2 heterocycles. The molecule has 0 saturated carbocycles. The Morgan fingerprint density at radius 2 is 1.04 bits per heavy atom. The molecule has 1 unspecified atom stereocenters. The molecule has 0 N–H and O–H groups in total. The van der Waals surface area contributed by atoms with Gasteiger partial charge < -0.3 is 4.57 Å². The van der Waals surface area contributed by atoms with Crippen molar-refractivity contribution in [2.75, 3.05) is 0 Å². The Morgan fingerprint density at radius 1 is 0.426 bits per heavy atom. The summed E-state index contributed by atoms with van der Waals surface area (Å²) < 4.78 is 31.2. The van der Waals surface area contributed by atoms with Crippen molar-refractivity contribution in [2.45, 2.75) is 15.2 Å². The van der Waals surface area contributed by atoms with E-state index >= 15 is 0 Å². The van der Waals surface area contributed by atoms with E-state index in [1.54, 1.807) is 12.1 Å². The summed E-state index contributed by atoms with van der Waals surface area (Å²) in [6, 6.07) is 59.5. The van der Waals surface area contributed by atoms with Gasteiger partial charge in [0, 0.05) is 16.5 Å². The average Bonchev–Trinajstić information content (AvgIpc) is 3.47. The van der Waals surface area contributed by atoms with Crippen molar-refractivity contribution in [1.82, 2.24) is 4.57 Å². The van der Waals surface area contributed by atoms with E-state index in [9.17, 15) is 8.42 Å². The molecule has 0 radical (unpaired) electrons. The van der Waals surface area contributed by atoms with E-state index in [0.717, 1.165) is 60.9 Å². The first-order chi connectivity index (χ1) is 23.1. The topological polar surface area (TPSA) is 39.1 Å². The van der Waals surface area contributed by atoms with Crippen LogP contribution in [0.1, 0.15) is 22.3 Å². The highest BCUT2D eigenvalue weighted by atomic mass is 32.2. The van der Waals surface area contributed by atoms with Crippen molar-refractivity contribution < 1.29 is 8.42 Å². The fraction of sp³-hybridized carbons (Fsp3) is 0.0233. The van der Waals surface area contributed by atoms with Crippen molar-refractivity contribution >= 4 is 31.6 Å². The van der Waals surface area contributed by atoms with Crippen LogP contribution in [-0.2, 0) is 15.3 Å². The van der Waals surface area contributed by atoms with Crippen LogP contribution in [0, 0.1) is 0 Å². The van der Waals surface area contributed by atoms with Crippen molar-refractivity contribution in [3.05, 3.63) is 198 Å². The van der Waals surface area contributed by atoms with Crippen molar-refractivity contribution in [2.24, 2.45) is 0 Å². The van der Waals surface area contributed by atoms with Gasteiger partial charge in [0.2, 0.25) is 9.84 Å². The monoisotopic (exact) mass is 623 g/mol. The van der Waals surface area contributed by atoms with E-state index in [2.05, 4.69) is 102 Å². The summed E-state index contributed by atoms with van der Waals surface area (Å²) in [5.41, 5.74) is 7.96. The van der Waals surface area contributed by atoms with Crippen LogP contribution in [0.25, 0.3) is 38.6 Å². The molecular weight excluding hydrogens is 595 g/mol. The minimum atomic E-state index is -3.80. The Bertz CT molecular complexity index is 2570. The molecule has 7 aromatic carbocycles. The molecule has 3 nitrogen and oxygen atoms in total. The van der Waals surface area contributed by atoms with Crippen molar-refractivity contribution in [3.8, 4) is 16.8 Å². The van der Waals surface area contributed by atoms with Gasteiger partial charge in [-0.15, -0.1) is 0 Å². The Morgan fingerprint density at radius 3 is 1.83 bits per heavy atom. The van der Waals surface area contributed by atoms with Crippen LogP contribution in [0.4, 0.5) is 0 Å². The van der Waals surface area contributed by atoms with Gasteiger partial charge >= 0.3 is 0 Å². The molecule has 0 amide bonds. The smallest absolute Gasteiger partial charge is 0.207 e. The minimum Gasteiger partial charge on any atom is -0.309 e. The molecule has 1 aromatic heterocycles. The summed E-state index contributed by atoms with van der Waals surface area (Å²) in [6.07, 6.45) is 0. The number of hydrogen-bond acceptors (Lipinski definition) is 2. The highest BCUT2D eigenvalue weighted by Gasteiger charge is 2.49. The Hall–Kier alpha value is -5.71. The standard InChI is InChI=1S/C43H29NO2S/c45-47(46)41-23-13-11-21-37(41)43(32-16-6-2-7-17-32,38-28-31(24-27-42(38)47)30-14-4-1-5-15-30)33-25-26-40-36(29-33)35-20-10-12-22-39(35)44(40)34-18-8-3-9-19-34/h1-29H. The normalized spacial score (nSPS) is 16.5. The van der Waals surface area contributed by atoms with Gasteiger partial charge in [0.25, 0.3) is 0 Å². The van der Waals surface area contributed by atoms with Crippen LogP contribution in [0.2, 0.25) is 0 Å². The lowest BCUT2D eigenvalue weighted by molar-refractivity contribution is 0.579. The zero-order valence-electron chi connectivity index (χ0n) is 25.4. The van der Waals surface area contributed by atoms with Gasteiger partial charge in [-0.05, 0) is 81.9 Å². The van der Waals surface area contributed by atoms with Crippen molar-refractivity contribution in [3.63, 3.8) is 0 Å². The van der Waals surface area contributed by atoms with Gasteiger partial charge in [0.1, 0.15) is 0 Å². The van der Waals surface area contributed by atoms with Crippen molar-refractivity contribution in [1.29, 1.82) is 0 Å². The van der Waals surface area contributed by atoms with Gasteiger partial charge in [-0.2, -0.15) is 0 Å². The quantitative estimate of drug-likeness (QED) is 0.196. The van der Waals surface area contributed by atoms with Gasteiger partial charge in [-0.25, -0.2) is 8.42 Å². The predicted molar refractivity (Wildman–Crippen MR) is 190 cm³/mol. The van der Waals surface area contributed by atoms with E-state index in [1.807, 2.05) is 66.7 Å². The second kappa shape index (κ2) is 10.4. The van der Waals surface area contributed by atoms with Gasteiger partial charge in [-0.1, -0.05) is 127 Å². The molecule has 4 heteroatoms. The van der Waals surface area contributed by atoms with Crippen LogP contribution >= 0.6 is 0 Å². The Labute approximate surface area is 273 Å². The number of rotatable bonds is 4. The molecule has 9 rings (SSSR count). The molecule has 0 spiro atoms. The summed E-state index contributed by atoms with van der Waals surface area (Å²) in [4.78, 5) is 0.683. The summed E-state index contributed by atoms with van der Waals surface area (Å²) in [5.74, 6) is 0. The third-order valence-corrected chi connectivity index (χ3v) is 11.6. The minimum absolute atomic E-state index is 0.339. The highest BCUT2D eigenvalue weighted by Crippen LogP contribution is 2.54. The summed E-state index contributed by atoms with van der Waals surface area (Å²) >= 11 is 0. The average molecular weight is 624 g/mol. The molecule has 47 heavy (non-hydrogen) atoms. The summed E-state index contributed by atoms with van der Waals surface area (Å²) in [7, 11) is -3.80. The predicted octanol–water partition coefficient (Wildman–Crippen LogP) is 9.98. The van der Waals surface area contributed by atoms with E-state index < -0.39 is 15.3 Å². The van der Waals surface area contributed by atoms with Crippen LogP contribution < -0.4 is 0 Å². The molecule has 1 atom stereocenters. The molecular formula is C43H29NO2S. The first kappa shape index (κ1) is 27.6. The number of sulfone groups is 1. The number of benzene rings is 7. The van der Waals surface area contributed by atoms with Crippen LogP contribution in [0.5, 0.6) is 0 Å². The number of nitrogens with zero attached hydrogens (tertiary/aromatic N) is 1. The third kappa shape index (κ3) is 3.95. The third-order valence-electron chi connectivity index (χ3n) is 9.69. The second-order valence-corrected chi connectivity index (χ2v) is 14.0. The van der Waals surface area contributed by atoms with Crippen LogP contribution in [0.3, 0.4) is 0 Å². The Balaban J connectivity index is 1.44. The van der Waals surface area contributed by atoms with E-state index in [4.69, 9.17) is 0 Å². The zero-order chi connectivity index (χ0) is 31.6. The summed E-state index contributed by atoms with van der Waals surface area (Å²) in [5, 5.41) is 2.26. The number of fused-ring (bicyclic) bond motifs is 5. The first-order valence-electron chi connectivity index (χ1n) is 15.8. The number of para-hydroxylation sites is 2. The maximum atomic E-state index is 14.4. The SMILES string of the molecule is O=S1(=O)c2ccccc2C(c2ccccc2)(c2ccc3c(c2)c2ccccc2n3-c2ccccc2)c2cc(-c3ccccc3)ccc21. The maximum Gasteiger partial charge on any atom is 0.207 e. The van der Waals surface area contributed by atoms with E-state index in [0.29, 0.717) is 9.79 Å². The Kier molecular flexibility index (Phi) is 6.11. The molecule has 0 aliphatic carbocycles. The molecule has 8 aromatic rings. The molecule has 224 valence electrons. The van der Waals surface area contributed by atoms with Gasteiger partial charge in [0.05, 0.1) is 26.2 Å². The molecule has 1 aliphatic heterocycles. The molecule has 0 bridgehead atoms. The van der Waals surface area contributed by atoms with Gasteiger partial charge in [0.15, 0.2) is 0 Å². The maximum absolute atomic E-state index is 14.4. The fourth-order valence-electron chi connectivity index (χ4n) is 7.68. The molecule has 1 aliphatic rings. The van der Waals surface area contributed by atoms with E-state index in [-0.39, 0.29) is 0 Å². The lowest BCUT2D eigenvalue weighted by Crippen LogP contribution is -2.37. The summed E-state index contributed by atoms with van der Waals surface area (Å²) in [6.45, 7) is 0. The molecule has 0 fully saturated rings. The lowest BCUT2D eigenvalue weighted by atomic mass is 9.64. The number of aromatic nitrogens is 1. The zero-order valence-corrected chi connectivity index (χ0v) is 26.2. The van der Waals surface area contributed by atoms with Gasteiger partial charge in [-0.3, -0.25) is 0 Å². The first-order valence-corrected chi connectivity index (χ1v) is 17.3. The van der Waals surface area contributed by atoms with Crippen LogP contribution in [0.15, 0.2) is 186 Å². The fourth-order valence-corrected chi connectivity index (χ4v) is 9.43. The highest BCUT2D eigenvalue weighted by molar-refractivity contribution is 7.91. The number of hydrogen-bond donors (Lipinski definition) is 0. The second-order valence-electron chi connectivity index (χ2n) is 12.1. The lowest BCUT2D eigenvalue weighted by Gasteiger charge is -2.42. The largest absolute Gasteiger partial charge is 0.309 e. The van der Waals surface area contributed by atoms with E-state index in [1.165, 1.54) is 0 Å².